The third kappa shape index (κ3) is 18.2. The summed E-state index contributed by atoms with van der Waals surface area (Å²) >= 11 is 6.80. The molecule has 0 aliphatic carbocycles. The first-order chi connectivity index (χ1) is 39.7. The number of amides is 3. The molecule has 15 nitrogen and oxygen atoms in total. The Morgan fingerprint density at radius 3 is 2.39 bits per heavy atom. The first kappa shape index (κ1) is 65.5. The first-order valence-electron chi connectivity index (χ1n) is 28.1. The number of nitrogens with one attached hydrogen (secondary N) is 3. The van der Waals surface area contributed by atoms with Crippen LogP contribution in [0.15, 0.2) is 67.3 Å². The van der Waals surface area contributed by atoms with Gasteiger partial charge < -0.3 is 45.8 Å². The number of nitriles is 1. The number of methoxy groups -OCH3 is 1. The van der Waals surface area contributed by atoms with Gasteiger partial charge in [-0.15, -0.1) is 11.3 Å². The van der Waals surface area contributed by atoms with Gasteiger partial charge in [-0.05, 0) is 107 Å². The zero-order valence-corrected chi connectivity index (χ0v) is 49.6. The van der Waals surface area contributed by atoms with Gasteiger partial charge in [0.1, 0.15) is 28.2 Å². The smallest absolute Gasteiger partial charge is 0.417 e. The number of benzene rings is 3. The number of ether oxygens (including phenoxy) is 2. The van der Waals surface area contributed by atoms with Crippen molar-refractivity contribution in [2.75, 3.05) is 76.7 Å². The zero-order chi connectivity index (χ0) is 60.4. The SMILES string of the molecule is C=C/C(F)=c1/sc(N)c(C#N)/c1=C\c1c(C(F)(F)F)cc2c(N3CB4CCC(C3)N4)nc(OC)nc2c1F.CC(C)C.C[C@@H]1CCCN1C(=O)CNC(=O)CCOCCCN1CCCC1.C[C@H](NC=O)c1ccc(-c2ccccc2Cl)cc1. The molecule has 3 amide bonds. The largest absolute Gasteiger partial charge is 0.467 e. The molecule has 3 aromatic carbocycles. The van der Waals surface area contributed by atoms with Gasteiger partial charge in [0.2, 0.25) is 25.1 Å². The van der Waals surface area contributed by atoms with Gasteiger partial charge in [-0.1, -0.05) is 87.7 Å². The number of halogens is 6. The summed E-state index contributed by atoms with van der Waals surface area (Å²) in [6.45, 7) is 20.0. The molecule has 23 heteroatoms. The number of carbonyl (C=O) groups is 3. The van der Waals surface area contributed by atoms with Gasteiger partial charge in [0.25, 0.3) is 0 Å². The number of nitrogens with zero attached hydrogens (tertiary/aromatic N) is 6. The lowest BCUT2D eigenvalue weighted by Crippen LogP contribution is -2.54. The molecule has 4 aliphatic rings. The number of alkyl halides is 3. The maximum atomic E-state index is 16.1. The molecule has 3 atom stereocenters. The molecule has 5 aromatic rings. The van der Waals surface area contributed by atoms with E-state index < -0.39 is 34.5 Å². The summed E-state index contributed by atoms with van der Waals surface area (Å²) in [4.78, 5) is 48.5. The molecule has 0 saturated carbocycles. The summed E-state index contributed by atoms with van der Waals surface area (Å²) in [6.07, 6.45) is 5.71. The highest BCUT2D eigenvalue weighted by Crippen LogP contribution is 2.40. The number of likely N-dealkylation sites (tertiary alicyclic amines) is 2. The number of hydrogen-bond donors (Lipinski definition) is 4. The van der Waals surface area contributed by atoms with E-state index in [-0.39, 0.29) is 74.8 Å². The number of aromatic nitrogens is 2. The third-order valence-corrected chi connectivity index (χ3v) is 15.7. The van der Waals surface area contributed by atoms with Crippen molar-refractivity contribution in [1.82, 2.24) is 35.6 Å². The van der Waals surface area contributed by atoms with Crippen molar-refractivity contribution in [1.29, 1.82) is 5.26 Å². The molecule has 0 spiro atoms. The normalized spacial score (nSPS) is 17.6. The van der Waals surface area contributed by atoms with Crippen molar-refractivity contribution >= 4 is 81.6 Å². The number of rotatable bonds is 17. The van der Waals surface area contributed by atoms with E-state index >= 15 is 4.39 Å². The molecule has 2 bridgehead atoms. The number of nitrogen functional groups attached to an aromatic ring is 1. The van der Waals surface area contributed by atoms with Crippen LogP contribution in [0.25, 0.3) is 33.9 Å². The second-order valence-electron chi connectivity index (χ2n) is 21.5. The second kappa shape index (κ2) is 31.3. The van der Waals surface area contributed by atoms with Crippen molar-refractivity contribution in [3.63, 3.8) is 0 Å². The minimum Gasteiger partial charge on any atom is -0.467 e. The molecule has 6 heterocycles. The van der Waals surface area contributed by atoms with E-state index in [1.54, 1.807) is 6.07 Å². The number of nitrogens with two attached hydrogens (primary N) is 1. The molecular formula is C60H75BClF5N10O5S. The Kier molecular flexibility index (Phi) is 24.7. The number of allylic oxidation sites excluding steroid dienone is 1. The van der Waals surface area contributed by atoms with Crippen molar-refractivity contribution in [3.8, 4) is 23.2 Å². The van der Waals surface area contributed by atoms with Crippen molar-refractivity contribution < 1.29 is 45.8 Å². The molecule has 446 valence electrons. The molecule has 4 aliphatic heterocycles. The fourth-order valence-corrected chi connectivity index (χ4v) is 11.4. The Balaban J connectivity index is 0.000000209. The topological polar surface area (TPSA) is 191 Å². The number of hydrogen-bond acceptors (Lipinski definition) is 13. The summed E-state index contributed by atoms with van der Waals surface area (Å²) in [7, 11) is 1.27. The van der Waals surface area contributed by atoms with Gasteiger partial charge in [0.05, 0.1) is 42.0 Å². The standard InChI is InChI=1S/C24H20BF5N6OS.C17H31N3O3.C15H14ClNO.C4H10/c1-3-17(26)20-12(15(8-31)21(32)38-20)6-13-16(24(28,29)30)7-14-19(18(13)27)33-23(37-2)34-22(14)36-9-11-4-5-25(10-36)35-11;1-15-6-4-11-20(15)17(22)14-18-16(21)7-13-23-12-5-10-19-8-2-3-9-19;1-11(17-10-18)12-6-8-13(9-7-12)14-4-2-3-5-15(14)16;1-4(2)3/h3,6-7,11,35H,1,4-5,9-10,32H2,2H3;15H,2-14H2,1H3,(H,18,21);2-11H,1H3,(H,17,18);4H,1-3H3/b12-6+,20-17-;;;/t;15-;11-;/m.10./s1. The molecule has 4 fully saturated rings. The van der Waals surface area contributed by atoms with E-state index in [2.05, 4.69) is 65.0 Å². The zero-order valence-electron chi connectivity index (χ0n) is 48.0. The van der Waals surface area contributed by atoms with Crippen molar-refractivity contribution in [3.05, 3.63) is 110 Å². The van der Waals surface area contributed by atoms with E-state index in [9.17, 15) is 37.2 Å². The Morgan fingerprint density at radius 2 is 1.77 bits per heavy atom. The Bertz CT molecular complexity index is 3180. The van der Waals surface area contributed by atoms with Crippen molar-refractivity contribution in [2.24, 2.45) is 5.92 Å². The molecule has 83 heavy (non-hydrogen) atoms. The summed E-state index contributed by atoms with van der Waals surface area (Å²) in [5.41, 5.74) is 6.07. The molecular weight excluding hydrogens is 1110 g/mol. The highest BCUT2D eigenvalue weighted by molar-refractivity contribution is 7.14. The maximum absolute atomic E-state index is 16.1. The predicted molar refractivity (Wildman–Crippen MR) is 321 cm³/mol. The summed E-state index contributed by atoms with van der Waals surface area (Å²) in [5, 5.41) is 18.6. The minimum atomic E-state index is -5.00. The monoisotopic (exact) mass is 1190 g/mol. The van der Waals surface area contributed by atoms with Gasteiger partial charge in [-0.25, -0.2) is 8.78 Å². The van der Waals surface area contributed by atoms with E-state index in [0.29, 0.717) is 56.4 Å². The summed E-state index contributed by atoms with van der Waals surface area (Å²) < 4.78 is 84.1. The van der Waals surface area contributed by atoms with Crippen LogP contribution in [0.2, 0.25) is 11.3 Å². The van der Waals surface area contributed by atoms with Crippen LogP contribution >= 0.6 is 22.9 Å². The first-order valence-corrected chi connectivity index (χ1v) is 29.3. The second-order valence-corrected chi connectivity index (χ2v) is 22.9. The predicted octanol–water partition coefficient (Wildman–Crippen LogP) is 9.60. The molecule has 9 rings (SSSR count). The number of carbonyl (C=O) groups excluding carboxylic acids is 3. The summed E-state index contributed by atoms with van der Waals surface area (Å²) in [6, 6.07) is 18.6. The van der Waals surface area contributed by atoms with E-state index in [1.165, 1.54) is 33.0 Å². The number of thiophene rings is 1. The van der Waals surface area contributed by atoms with Gasteiger partial charge in [-0.3, -0.25) is 14.4 Å². The molecule has 2 aromatic heterocycles. The van der Waals surface area contributed by atoms with Gasteiger partial charge in [0.15, 0.2) is 5.82 Å². The fourth-order valence-electron chi connectivity index (χ4n) is 10.2. The van der Waals surface area contributed by atoms with Crippen LogP contribution in [0.3, 0.4) is 0 Å². The highest BCUT2D eigenvalue weighted by atomic mass is 35.5. The molecule has 1 unspecified atom stereocenters. The quantitative estimate of drug-likeness (QED) is 0.0299. The van der Waals surface area contributed by atoms with Gasteiger partial charge in [0, 0.05) is 77.9 Å². The fraction of sp³-hybridized carbons (Fsp3) is 0.467. The van der Waals surface area contributed by atoms with E-state index in [1.807, 2.05) is 65.3 Å². The van der Waals surface area contributed by atoms with E-state index in [4.69, 9.17) is 26.8 Å². The van der Waals surface area contributed by atoms with Crippen LogP contribution < -0.4 is 41.0 Å². The minimum absolute atomic E-state index is 0.0165. The lowest BCUT2D eigenvalue weighted by atomic mass is 9.61. The Hall–Kier alpha value is -6.64. The Labute approximate surface area is 492 Å². The molecule has 4 saturated heterocycles. The molecule has 5 N–H and O–H groups in total. The average Bonchev–Trinajstić information content (AvgIpc) is 2.40. The lowest BCUT2D eigenvalue weighted by molar-refractivity contribution is -0.137. The van der Waals surface area contributed by atoms with E-state index in [0.717, 1.165) is 90.9 Å². The Morgan fingerprint density at radius 1 is 1.06 bits per heavy atom. The number of fused-ring (bicyclic) bond motifs is 3. The van der Waals surface area contributed by atoms with Crippen LogP contribution in [0.4, 0.5) is 32.8 Å². The van der Waals surface area contributed by atoms with Crippen molar-refractivity contribution in [2.45, 2.75) is 110 Å². The highest BCUT2D eigenvalue weighted by Gasteiger charge is 2.39. The van der Waals surface area contributed by atoms with Crippen LogP contribution in [-0.2, 0) is 25.3 Å². The van der Waals surface area contributed by atoms with Gasteiger partial charge >= 0.3 is 12.2 Å². The van der Waals surface area contributed by atoms with Gasteiger partial charge in [-0.2, -0.15) is 28.4 Å². The molecule has 0 radical (unpaired) electrons. The third-order valence-electron chi connectivity index (χ3n) is 14.4. The van der Waals surface area contributed by atoms with Crippen LogP contribution in [0.5, 0.6) is 6.01 Å². The maximum Gasteiger partial charge on any atom is 0.417 e. The summed E-state index contributed by atoms with van der Waals surface area (Å²) in [5.74, 6) is -1.35. The van der Waals surface area contributed by atoms with Crippen LogP contribution in [0.1, 0.15) is 108 Å². The van der Waals surface area contributed by atoms with Crippen LogP contribution in [-0.4, -0.2) is 123 Å². The van der Waals surface area contributed by atoms with Crippen LogP contribution in [0, 0.1) is 23.1 Å². The lowest BCUT2D eigenvalue weighted by Gasteiger charge is -2.33. The average molecular weight is 1190 g/mol. The number of anilines is 2.